The van der Waals surface area contributed by atoms with Gasteiger partial charge in [0.25, 0.3) is 0 Å². The van der Waals surface area contributed by atoms with E-state index in [0.717, 1.165) is 5.92 Å². The number of hydrogen-bond donors (Lipinski definition) is 0. The Kier molecular flexibility index (Phi) is 3.18. The van der Waals surface area contributed by atoms with Gasteiger partial charge < -0.3 is 4.48 Å². The Balaban J connectivity index is 1.76. The quantitative estimate of drug-likeness (QED) is 0.582. The lowest BCUT2D eigenvalue weighted by atomic mass is 9.85. The Hall–Kier alpha value is -0.470. The zero-order chi connectivity index (χ0) is 11.7. The van der Waals surface area contributed by atoms with Gasteiger partial charge in [-0.3, -0.25) is 0 Å². The summed E-state index contributed by atoms with van der Waals surface area (Å²) in [6, 6.07) is 9.14. The fraction of sp³-hybridized carbons (Fsp3) is 0.600. The Morgan fingerprint density at radius 3 is 2.53 bits per heavy atom. The van der Waals surface area contributed by atoms with Crippen LogP contribution >= 0.6 is 11.8 Å². The highest BCUT2D eigenvalue weighted by molar-refractivity contribution is 7.98. The molecule has 1 nitrogen and oxygen atoms in total. The minimum absolute atomic E-state index is 1.06. The third-order valence-corrected chi connectivity index (χ3v) is 5.41. The SMILES string of the molecule is CSc1cccc(C[N+]23CCC(CC2)CC3)c1. The monoisotopic (exact) mass is 248 g/mol. The molecule has 3 aliphatic heterocycles. The van der Waals surface area contributed by atoms with Crippen molar-refractivity contribution in [2.45, 2.75) is 30.7 Å². The molecule has 0 saturated carbocycles. The zero-order valence-corrected chi connectivity index (χ0v) is 11.5. The van der Waals surface area contributed by atoms with Gasteiger partial charge in [-0.15, -0.1) is 11.8 Å². The van der Waals surface area contributed by atoms with E-state index in [4.69, 9.17) is 0 Å². The van der Waals surface area contributed by atoms with Crippen LogP contribution in [0.25, 0.3) is 0 Å². The van der Waals surface area contributed by atoms with E-state index in [-0.39, 0.29) is 0 Å². The van der Waals surface area contributed by atoms with Crippen molar-refractivity contribution in [2.24, 2.45) is 5.92 Å². The Labute approximate surface area is 109 Å². The van der Waals surface area contributed by atoms with Crippen LogP contribution in [-0.2, 0) is 6.54 Å². The molecule has 0 atom stereocenters. The second kappa shape index (κ2) is 4.66. The van der Waals surface area contributed by atoms with E-state index in [0.29, 0.717) is 0 Å². The van der Waals surface area contributed by atoms with Gasteiger partial charge in [-0.05, 0) is 43.6 Å². The van der Waals surface area contributed by atoms with Crippen molar-refractivity contribution in [1.29, 1.82) is 0 Å². The lowest BCUT2D eigenvalue weighted by molar-refractivity contribution is -0.955. The average Bonchev–Trinajstić information content (AvgIpc) is 2.40. The van der Waals surface area contributed by atoms with E-state index in [1.807, 2.05) is 11.8 Å². The number of fused-ring (bicyclic) bond motifs is 3. The van der Waals surface area contributed by atoms with Crippen molar-refractivity contribution in [3.8, 4) is 0 Å². The molecule has 0 amide bonds. The van der Waals surface area contributed by atoms with Gasteiger partial charge in [0, 0.05) is 10.5 Å². The van der Waals surface area contributed by atoms with Crippen LogP contribution in [0.4, 0.5) is 0 Å². The lowest BCUT2D eigenvalue weighted by Gasteiger charge is -2.49. The molecule has 4 rings (SSSR count). The molecule has 92 valence electrons. The molecule has 1 aromatic rings. The maximum Gasteiger partial charge on any atom is 0.104 e. The Bertz CT molecular complexity index is 380. The van der Waals surface area contributed by atoms with E-state index in [2.05, 4.69) is 30.5 Å². The summed E-state index contributed by atoms with van der Waals surface area (Å²) in [6.07, 6.45) is 6.59. The number of piperidine rings is 3. The van der Waals surface area contributed by atoms with Gasteiger partial charge in [-0.25, -0.2) is 0 Å². The van der Waals surface area contributed by atoms with Crippen molar-refractivity contribution in [3.05, 3.63) is 29.8 Å². The number of quaternary nitrogens is 1. The highest BCUT2D eigenvalue weighted by Gasteiger charge is 2.39. The maximum atomic E-state index is 2.39. The first-order valence-corrected chi connectivity index (χ1v) is 8.00. The van der Waals surface area contributed by atoms with Crippen LogP contribution in [0.3, 0.4) is 0 Å². The molecule has 0 spiro atoms. The van der Waals surface area contributed by atoms with Crippen LogP contribution in [0.15, 0.2) is 29.2 Å². The number of hydrogen-bond acceptors (Lipinski definition) is 1. The molecular weight excluding hydrogens is 226 g/mol. The number of rotatable bonds is 3. The molecular formula is C15H22NS+. The average molecular weight is 248 g/mol. The fourth-order valence-electron chi connectivity index (χ4n) is 3.53. The Morgan fingerprint density at radius 1 is 1.18 bits per heavy atom. The van der Waals surface area contributed by atoms with Gasteiger partial charge in [-0.2, -0.15) is 0 Å². The smallest absolute Gasteiger partial charge is 0.104 e. The minimum atomic E-state index is 1.06. The standard InChI is InChI=1S/C15H22NS/c1-17-15-4-2-3-14(11-15)12-16-8-5-13(6-9-16)7-10-16/h2-4,11,13H,5-10,12H2,1H3/q+1. The largest absolute Gasteiger partial charge is 0.320 e. The van der Waals surface area contributed by atoms with Crippen LogP contribution in [0.1, 0.15) is 24.8 Å². The summed E-state index contributed by atoms with van der Waals surface area (Å²) in [5, 5.41) is 0. The summed E-state index contributed by atoms with van der Waals surface area (Å²) in [4.78, 5) is 1.41. The molecule has 2 heteroatoms. The summed E-state index contributed by atoms with van der Waals surface area (Å²) in [5.74, 6) is 1.06. The Morgan fingerprint density at radius 2 is 1.88 bits per heavy atom. The van der Waals surface area contributed by atoms with Crippen LogP contribution in [0.5, 0.6) is 0 Å². The molecule has 0 unspecified atom stereocenters. The molecule has 0 radical (unpaired) electrons. The highest BCUT2D eigenvalue weighted by Crippen LogP contribution is 2.35. The van der Waals surface area contributed by atoms with E-state index in [1.165, 1.54) is 60.4 Å². The molecule has 0 aliphatic carbocycles. The third-order valence-electron chi connectivity index (χ3n) is 4.69. The van der Waals surface area contributed by atoms with Crippen LogP contribution in [0.2, 0.25) is 0 Å². The molecule has 0 N–H and O–H groups in total. The van der Waals surface area contributed by atoms with Gasteiger partial charge in [0.15, 0.2) is 0 Å². The number of thioether (sulfide) groups is 1. The molecule has 3 fully saturated rings. The summed E-state index contributed by atoms with van der Waals surface area (Å²) < 4.78 is 1.37. The van der Waals surface area contributed by atoms with Gasteiger partial charge in [-0.1, -0.05) is 12.1 Å². The normalized spacial score (nSPS) is 31.7. The van der Waals surface area contributed by atoms with Crippen LogP contribution in [-0.4, -0.2) is 30.4 Å². The topological polar surface area (TPSA) is 0 Å². The number of benzene rings is 1. The molecule has 1 aromatic carbocycles. The first-order valence-electron chi connectivity index (χ1n) is 6.78. The van der Waals surface area contributed by atoms with Gasteiger partial charge >= 0.3 is 0 Å². The predicted octanol–water partition coefficient (Wildman–Crippen LogP) is 3.54. The van der Waals surface area contributed by atoms with E-state index >= 15 is 0 Å². The summed E-state index contributed by atoms with van der Waals surface area (Å²) >= 11 is 1.85. The third kappa shape index (κ3) is 2.38. The second-order valence-electron chi connectivity index (χ2n) is 5.75. The molecule has 3 saturated heterocycles. The van der Waals surface area contributed by atoms with Crippen molar-refractivity contribution in [2.75, 3.05) is 25.9 Å². The first-order chi connectivity index (χ1) is 8.30. The summed E-state index contributed by atoms with van der Waals surface area (Å²) in [5.41, 5.74) is 1.54. The van der Waals surface area contributed by atoms with E-state index < -0.39 is 0 Å². The fourth-order valence-corrected chi connectivity index (χ4v) is 4.02. The molecule has 3 heterocycles. The first kappa shape index (κ1) is 11.6. The predicted molar refractivity (Wildman–Crippen MR) is 74.1 cm³/mol. The van der Waals surface area contributed by atoms with Crippen LogP contribution < -0.4 is 0 Å². The second-order valence-corrected chi connectivity index (χ2v) is 6.63. The number of nitrogens with zero attached hydrogens (tertiary/aromatic N) is 1. The highest BCUT2D eigenvalue weighted by atomic mass is 32.2. The van der Waals surface area contributed by atoms with Crippen LogP contribution in [0, 0.1) is 5.92 Å². The van der Waals surface area contributed by atoms with Gasteiger partial charge in [0.1, 0.15) is 6.54 Å². The summed E-state index contributed by atoms with van der Waals surface area (Å²) in [6.45, 7) is 5.54. The maximum absolute atomic E-state index is 2.39. The van der Waals surface area contributed by atoms with Crippen molar-refractivity contribution < 1.29 is 4.48 Å². The lowest BCUT2D eigenvalue weighted by Crippen LogP contribution is -2.57. The van der Waals surface area contributed by atoms with E-state index in [9.17, 15) is 0 Å². The van der Waals surface area contributed by atoms with Crippen molar-refractivity contribution >= 4 is 11.8 Å². The van der Waals surface area contributed by atoms with Crippen molar-refractivity contribution in [1.82, 2.24) is 0 Å². The zero-order valence-electron chi connectivity index (χ0n) is 10.7. The molecule has 2 bridgehead atoms. The van der Waals surface area contributed by atoms with Gasteiger partial charge in [0.05, 0.1) is 19.6 Å². The molecule has 3 aliphatic rings. The van der Waals surface area contributed by atoms with Gasteiger partial charge in [0.2, 0.25) is 0 Å². The molecule has 0 aromatic heterocycles. The minimum Gasteiger partial charge on any atom is -0.320 e. The summed E-state index contributed by atoms with van der Waals surface area (Å²) in [7, 11) is 0. The van der Waals surface area contributed by atoms with E-state index in [1.54, 1.807) is 0 Å². The van der Waals surface area contributed by atoms with Crippen molar-refractivity contribution in [3.63, 3.8) is 0 Å². The molecule has 17 heavy (non-hydrogen) atoms.